The predicted molar refractivity (Wildman–Crippen MR) is 70.3 cm³/mol. The number of rotatable bonds is 7. The maximum absolute atomic E-state index is 12.0. The molecule has 3 unspecified atom stereocenters. The van der Waals surface area contributed by atoms with Gasteiger partial charge in [-0.25, -0.2) is 0 Å². The van der Waals surface area contributed by atoms with Crippen molar-refractivity contribution < 1.29 is 19.1 Å². The zero-order valence-electron chi connectivity index (χ0n) is 11.7. The molecule has 19 heavy (non-hydrogen) atoms. The Balaban J connectivity index is 1.96. The smallest absolute Gasteiger partial charge is 0.324 e. The summed E-state index contributed by atoms with van der Waals surface area (Å²) in [4.78, 5) is 23.9. The molecule has 0 aromatic carbocycles. The first-order valence-electron chi connectivity index (χ1n) is 7.20. The van der Waals surface area contributed by atoms with Crippen molar-refractivity contribution in [1.29, 1.82) is 0 Å². The molecule has 0 aromatic heterocycles. The lowest BCUT2D eigenvalue weighted by Gasteiger charge is -2.10. The van der Waals surface area contributed by atoms with Gasteiger partial charge in [0.2, 0.25) is 0 Å². The Morgan fingerprint density at radius 2 is 2.26 bits per heavy atom. The maximum Gasteiger partial charge on any atom is 0.324 e. The molecule has 0 amide bonds. The third-order valence-electron chi connectivity index (χ3n) is 4.10. The van der Waals surface area contributed by atoms with Crippen molar-refractivity contribution in [2.45, 2.75) is 39.5 Å². The van der Waals surface area contributed by atoms with Gasteiger partial charge in [-0.15, -0.1) is 0 Å². The van der Waals surface area contributed by atoms with Gasteiger partial charge in [-0.3, -0.25) is 9.59 Å². The average Bonchev–Trinajstić information content (AvgIpc) is 2.91. The largest absolute Gasteiger partial charge is 0.465 e. The number of carbonyl (C=O) groups excluding carboxylic acids is 2. The van der Waals surface area contributed by atoms with Crippen molar-refractivity contribution in [2.24, 2.45) is 17.3 Å². The molecule has 3 atom stereocenters. The van der Waals surface area contributed by atoms with Crippen molar-refractivity contribution in [2.75, 3.05) is 13.2 Å². The fourth-order valence-electron chi connectivity index (χ4n) is 2.96. The molecule has 0 bridgehead atoms. The van der Waals surface area contributed by atoms with E-state index in [2.05, 4.69) is 13.0 Å². The third-order valence-corrected chi connectivity index (χ3v) is 4.10. The Morgan fingerprint density at radius 3 is 2.95 bits per heavy atom. The van der Waals surface area contributed by atoms with Gasteiger partial charge in [0, 0.05) is 11.8 Å². The van der Waals surface area contributed by atoms with Crippen LogP contribution in [0.15, 0.2) is 12.2 Å². The van der Waals surface area contributed by atoms with Crippen LogP contribution in [-0.2, 0) is 19.1 Å². The zero-order valence-corrected chi connectivity index (χ0v) is 11.7. The highest BCUT2D eigenvalue weighted by molar-refractivity contribution is 6.06. The Bertz CT molecular complexity index is 388. The van der Waals surface area contributed by atoms with Crippen LogP contribution in [0.2, 0.25) is 0 Å². The van der Waals surface area contributed by atoms with E-state index in [4.69, 9.17) is 9.47 Å². The molecule has 1 aliphatic heterocycles. The van der Waals surface area contributed by atoms with Crippen molar-refractivity contribution in [1.82, 2.24) is 0 Å². The number of cyclic esters (lactones) is 1. The highest BCUT2D eigenvalue weighted by atomic mass is 16.6. The average molecular weight is 266 g/mol. The molecule has 0 aromatic rings. The quantitative estimate of drug-likeness (QED) is 0.307. The van der Waals surface area contributed by atoms with Gasteiger partial charge < -0.3 is 9.47 Å². The molecule has 1 aliphatic carbocycles. The molecular formula is C15H22O4. The highest BCUT2D eigenvalue weighted by Gasteiger charge is 2.79. The lowest BCUT2D eigenvalue weighted by Crippen LogP contribution is -2.29. The van der Waals surface area contributed by atoms with E-state index in [1.807, 2.05) is 6.08 Å². The van der Waals surface area contributed by atoms with Gasteiger partial charge >= 0.3 is 11.9 Å². The molecule has 2 fully saturated rings. The first kappa shape index (κ1) is 14.1. The molecule has 1 heterocycles. The number of fused-ring (bicyclic) bond motifs is 1. The summed E-state index contributed by atoms with van der Waals surface area (Å²) >= 11 is 0. The van der Waals surface area contributed by atoms with E-state index < -0.39 is 17.4 Å². The van der Waals surface area contributed by atoms with Crippen LogP contribution >= 0.6 is 0 Å². The number of hydrogen-bond donors (Lipinski definition) is 0. The summed E-state index contributed by atoms with van der Waals surface area (Å²) in [5, 5.41) is 0. The van der Waals surface area contributed by atoms with Gasteiger partial charge in [0.25, 0.3) is 0 Å². The summed E-state index contributed by atoms with van der Waals surface area (Å²) in [6.45, 7) is 4.57. The second-order valence-corrected chi connectivity index (χ2v) is 5.24. The van der Waals surface area contributed by atoms with Crippen LogP contribution in [0.5, 0.6) is 0 Å². The van der Waals surface area contributed by atoms with Crippen LogP contribution < -0.4 is 0 Å². The Kier molecular flexibility index (Phi) is 4.27. The van der Waals surface area contributed by atoms with Gasteiger partial charge in [0.15, 0.2) is 5.41 Å². The number of hydrogen-bond acceptors (Lipinski definition) is 4. The lowest BCUT2D eigenvalue weighted by atomic mass is 10.0. The fourth-order valence-corrected chi connectivity index (χ4v) is 2.96. The summed E-state index contributed by atoms with van der Waals surface area (Å²) in [5.74, 6) is -0.847. The van der Waals surface area contributed by atoms with Crippen LogP contribution in [0.25, 0.3) is 0 Å². The number of esters is 2. The Labute approximate surface area is 114 Å². The zero-order chi connectivity index (χ0) is 13.9. The molecule has 1 saturated heterocycles. The molecule has 0 spiro atoms. The molecular weight excluding hydrogens is 244 g/mol. The lowest BCUT2D eigenvalue weighted by molar-refractivity contribution is -0.160. The monoisotopic (exact) mass is 266 g/mol. The molecule has 0 radical (unpaired) electrons. The molecule has 4 nitrogen and oxygen atoms in total. The summed E-state index contributed by atoms with van der Waals surface area (Å²) in [7, 11) is 0. The van der Waals surface area contributed by atoms with E-state index in [9.17, 15) is 9.59 Å². The van der Waals surface area contributed by atoms with Gasteiger partial charge in [0.1, 0.15) is 0 Å². The summed E-state index contributed by atoms with van der Waals surface area (Å²) in [6.07, 6.45) is 8.67. The topological polar surface area (TPSA) is 52.6 Å². The molecule has 2 aliphatic rings. The number of unbranched alkanes of at least 4 members (excludes halogenated alkanes) is 3. The SMILES string of the molecule is CCCCC/C=C/C1C2COC(=O)C12C(=O)OCC. The normalized spacial score (nSPS) is 32.2. The predicted octanol–water partition coefficient (Wildman–Crippen LogP) is 2.48. The van der Waals surface area contributed by atoms with Crippen molar-refractivity contribution in [3.63, 3.8) is 0 Å². The molecule has 106 valence electrons. The van der Waals surface area contributed by atoms with Gasteiger partial charge in [0.05, 0.1) is 13.2 Å². The molecule has 4 heteroatoms. The van der Waals surface area contributed by atoms with E-state index in [0.29, 0.717) is 13.2 Å². The number of ether oxygens (including phenoxy) is 2. The number of allylic oxidation sites excluding steroid dienone is 2. The highest BCUT2D eigenvalue weighted by Crippen LogP contribution is 2.64. The van der Waals surface area contributed by atoms with Crippen molar-refractivity contribution in [3.05, 3.63) is 12.2 Å². The first-order valence-corrected chi connectivity index (χ1v) is 7.20. The summed E-state index contributed by atoms with van der Waals surface area (Å²) in [6, 6.07) is 0. The van der Waals surface area contributed by atoms with E-state index in [1.165, 1.54) is 12.8 Å². The standard InChI is InChI=1S/C15H22O4/c1-3-5-6-7-8-9-11-12-10-19-14(17)15(11,12)13(16)18-4-2/h8-9,11-12H,3-7,10H2,1-2H3/b9-8+. The van der Waals surface area contributed by atoms with E-state index in [1.54, 1.807) is 6.92 Å². The van der Waals surface area contributed by atoms with E-state index in [-0.39, 0.29) is 11.8 Å². The Morgan fingerprint density at radius 1 is 1.47 bits per heavy atom. The fraction of sp³-hybridized carbons (Fsp3) is 0.733. The van der Waals surface area contributed by atoms with Crippen LogP contribution in [0, 0.1) is 17.3 Å². The molecule has 1 saturated carbocycles. The van der Waals surface area contributed by atoms with Crippen molar-refractivity contribution >= 4 is 11.9 Å². The number of carbonyl (C=O) groups is 2. The minimum atomic E-state index is -1.02. The molecule has 2 rings (SSSR count). The molecule has 0 N–H and O–H groups in total. The second kappa shape index (κ2) is 5.76. The minimum absolute atomic E-state index is 0.0125. The van der Waals surface area contributed by atoms with Crippen LogP contribution in [0.3, 0.4) is 0 Å². The van der Waals surface area contributed by atoms with E-state index >= 15 is 0 Å². The first-order chi connectivity index (χ1) is 9.19. The minimum Gasteiger partial charge on any atom is -0.465 e. The third kappa shape index (κ3) is 2.28. The maximum atomic E-state index is 12.0. The van der Waals surface area contributed by atoms with Gasteiger partial charge in [-0.2, -0.15) is 0 Å². The summed E-state index contributed by atoms with van der Waals surface area (Å²) < 4.78 is 10.0. The van der Waals surface area contributed by atoms with Crippen LogP contribution in [0.4, 0.5) is 0 Å². The second-order valence-electron chi connectivity index (χ2n) is 5.24. The summed E-state index contributed by atoms with van der Waals surface area (Å²) in [5.41, 5.74) is -1.02. The van der Waals surface area contributed by atoms with Gasteiger partial charge in [-0.05, 0) is 19.8 Å². The van der Waals surface area contributed by atoms with E-state index in [0.717, 1.165) is 12.8 Å². The van der Waals surface area contributed by atoms with Crippen LogP contribution in [0.1, 0.15) is 39.5 Å². The van der Waals surface area contributed by atoms with Crippen LogP contribution in [-0.4, -0.2) is 25.2 Å². The Hall–Kier alpha value is -1.32. The van der Waals surface area contributed by atoms with Crippen molar-refractivity contribution in [3.8, 4) is 0 Å². The van der Waals surface area contributed by atoms with Gasteiger partial charge in [-0.1, -0.05) is 31.9 Å².